The van der Waals surface area contributed by atoms with E-state index in [0.29, 0.717) is 17.3 Å². The molecule has 0 aliphatic rings. The number of carbonyl (C=O) groups excluding carboxylic acids is 1. The van der Waals surface area contributed by atoms with E-state index in [9.17, 15) is 4.79 Å². The van der Waals surface area contributed by atoms with Gasteiger partial charge in [0.05, 0.1) is 18.9 Å². The number of aryl methyl sites for hydroxylation is 1. The molecule has 0 aliphatic carbocycles. The van der Waals surface area contributed by atoms with E-state index in [4.69, 9.17) is 4.74 Å². The number of benzene rings is 1. The summed E-state index contributed by atoms with van der Waals surface area (Å²) in [6, 6.07) is 7.46. The third-order valence-electron chi connectivity index (χ3n) is 3.22. The lowest BCUT2D eigenvalue weighted by molar-refractivity contribution is 0.102. The van der Waals surface area contributed by atoms with Crippen molar-refractivity contribution in [3.8, 4) is 11.4 Å². The molecule has 1 N–H and O–H groups in total. The van der Waals surface area contributed by atoms with Crippen LogP contribution in [0.1, 0.15) is 10.4 Å². The Morgan fingerprint density at radius 3 is 2.86 bits per heavy atom. The summed E-state index contributed by atoms with van der Waals surface area (Å²) in [4.78, 5) is 16.3. The number of anilines is 1. The molecule has 22 heavy (non-hydrogen) atoms. The molecule has 0 atom stereocenters. The highest BCUT2D eigenvalue weighted by Crippen LogP contribution is 2.21. The average Bonchev–Trinajstić information content (AvgIpc) is 3.17. The van der Waals surface area contributed by atoms with Crippen LogP contribution in [0.2, 0.25) is 0 Å². The normalized spacial score (nSPS) is 10.5. The SMILES string of the molecule is COc1ccccc1-n1cc(C(=O)Nc2nccn2C)cn1. The summed E-state index contributed by atoms with van der Waals surface area (Å²) in [6.07, 6.45) is 6.53. The second kappa shape index (κ2) is 5.72. The van der Waals surface area contributed by atoms with Crippen molar-refractivity contribution in [2.24, 2.45) is 7.05 Å². The van der Waals surface area contributed by atoms with Gasteiger partial charge in [0.2, 0.25) is 5.95 Å². The number of hydrogen-bond acceptors (Lipinski definition) is 4. The Kier molecular flexibility index (Phi) is 3.61. The van der Waals surface area contributed by atoms with Crippen molar-refractivity contribution in [3.05, 3.63) is 54.6 Å². The predicted octanol–water partition coefficient (Wildman–Crippen LogP) is 1.87. The molecule has 7 nitrogen and oxygen atoms in total. The van der Waals surface area contributed by atoms with Crippen LogP contribution in [0.5, 0.6) is 5.75 Å². The van der Waals surface area contributed by atoms with Gasteiger partial charge in [0, 0.05) is 25.6 Å². The molecular formula is C15H15N5O2. The molecule has 0 aliphatic heterocycles. The first-order valence-electron chi connectivity index (χ1n) is 6.66. The number of hydrogen-bond donors (Lipinski definition) is 1. The highest BCUT2D eigenvalue weighted by Gasteiger charge is 2.13. The largest absolute Gasteiger partial charge is 0.494 e. The molecule has 2 aromatic heterocycles. The molecule has 0 spiro atoms. The molecular weight excluding hydrogens is 282 g/mol. The molecule has 3 aromatic rings. The fraction of sp³-hybridized carbons (Fsp3) is 0.133. The third-order valence-corrected chi connectivity index (χ3v) is 3.22. The zero-order valence-corrected chi connectivity index (χ0v) is 12.2. The quantitative estimate of drug-likeness (QED) is 0.797. The van der Waals surface area contributed by atoms with Crippen molar-refractivity contribution < 1.29 is 9.53 Å². The van der Waals surface area contributed by atoms with Gasteiger partial charge in [0.15, 0.2) is 0 Å². The zero-order valence-electron chi connectivity index (χ0n) is 12.2. The number of ether oxygens (including phenoxy) is 1. The standard InChI is InChI=1S/C15H15N5O2/c1-19-8-7-16-15(19)18-14(21)11-9-17-20(10-11)12-5-3-4-6-13(12)22-2/h3-10H,1-2H3,(H,16,18,21). The average molecular weight is 297 g/mol. The van der Waals surface area contributed by atoms with E-state index in [2.05, 4.69) is 15.4 Å². The molecule has 7 heteroatoms. The molecule has 2 heterocycles. The number of para-hydroxylation sites is 2. The van der Waals surface area contributed by atoms with Crippen LogP contribution in [0.3, 0.4) is 0 Å². The minimum atomic E-state index is -0.268. The van der Waals surface area contributed by atoms with E-state index < -0.39 is 0 Å². The predicted molar refractivity (Wildman–Crippen MR) is 81.3 cm³/mol. The Hall–Kier alpha value is -3.09. The van der Waals surface area contributed by atoms with E-state index in [1.54, 1.807) is 42.0 Å². The molecule has 0 saturated carbocycles. The molecule has 0 unspecified atom stereocenters. The fourth-order valence-corrected chi connectivity index (χ4v) is 2.05. The van der Waals surface area contributed by atoms with Crippen molar-refractivity contribution in [2.45, 2.75) is 0 Å². The summed E-state index contributed by atoms with van der Waals surface area (Å²) in [5.41, 5.74) is 1.20. The van der Waals surface area contributed by atoms with Gasteiger partial charge in [-0.2, -0.15) is 5.10 Å². The van der Waals surface area contributed by atoms with Gasteiger partial charge in [0.1, 0.15) is 11.4 Å². The van der Waals surface area contributed by atoms with Crippen LogP contribution < -0.4 is 10.1 Å². The van der Waals surface area contributed by atoms with Crippen molar-refractivity contribution >= 4 is 11.9 Å². The van der Waals surface area contributed by atoms with Gasteiger partial charge >= 0.3 is 0 Å². The topological polar surface area (TPSA) is 74.0 Å². The summed E-state index contributed by atoms with van der Waals surface area (Å²) < 4.78 is 8.62. The smallest absolute Gasteiger partial charge is 0.261 e. The Morgan fingerprint density at radius 1 is 1.32 bits per heavy atom. The second-order valence-electron chi connectivity index (χ2n) is 4.66. The first-order valence-corrected chi connectivity index (χ1v) is 6.66. The molecule has 0 fully saturated rings. The molecule has 1 aromatic carbocycles. The molecule has 0 saturated heterocycles. The van der Waals surface area contributed by atoms with Gasteiger partial charge < -0.3 is 9.30 Å². The highest BCUT2D eigenvalue weighted by molar-refractivity contribution is 6.03. The summed E-state index contributed by atoms with van der Waals surface area (Å²) in [5, 5.41) is 6.94. The minimum Gasteiger partial charge on any atom is -0.494 e. The number of amides is 1. The minimum absolute atomic E-state index is 0.268. The number of rotatable bonds is 4. The number of nitrogens with zero attached hydrogens (tertiary/aromatic N) is 4. The second-order valence-corrected chi connectivity index (χ2v) is 4.66. The molecule has 112 valence electrons. The molecule has 1 amide bonds. The Morgan fingerprint density at radius 2 is 2.14 bits per heavy atom. The van der Waals surface area contributed by atoms with Gasteiger partial charge in [-0.25, -0.2) is 9.67 Å². The van der Waals surface area contributed by atoms with Crippen molar-refractivity contribution in [1.29, 1.82) is 0 Å². The van der Waals surface area contributed by atoms with Crippen LogP contribution in [0.15, 0.2) is 49.1 Å². The van der Waals surface area contributed by atoms with Crippen LogP contribution in [-0.2, 0) is 7.05 Å². The zero-order chi connectivity index (χ0) is 15.5. The van der Waals surface area contributed by atoms with Crippen LogP contribution in [0.25, 0.3) is 5.69 Å². The van der Waals surface area contributed by atoms with Gasteiger partial charge in [0.25, 0.3) is 5.91 Å². The maximum Gasteiger partial charge on any atom is 0.261 e. The van der Waals surface area contributed by atoms with E-state index in [0.717, 1.165) is 5.69 Å². The van der Waals surface area contributed by atoms with Crippen molar-refractivity contribution in [3.63, 3.8) is 0 Å². The van der Waals surface area contributed by atoms with E-state index in [1.807, 2.05) is 24.3 Å². The fourth-order valence-electron chi connectivity index (χ4n) is 2.05. The number of methoxy groups -OCH3 is 1. The van der Waals surface area contributed by atoms with Crippen LogP contribution in [0, 0.1) is 0 Å². The van der Waals surface area contributed by atoms with E-state index in [1.165, 1.54) is 6.20 Å². The number of carbonyl (C=O) groups is 1. The van der Waals surface area contributed by atoms with Crippen LogP contribution in [-0.4, -0.2) is 32.3 Å². The van der Waals surface area contributed by atoms with Gasteiger partial charge in [-0.1, -0.05) is 12.1 Å². The van der Waals surface area contributed by atoms with Crippen LogP contribution in [0.4, 0.5) is 5.95 Å². The van der Waals surface area contributed by atoms with E-state index in [-0.39, 0.29) is 5.91 Å². The van der Waals surface area contributed by atoms with Crippen molar-refractivity contribution in [2.75, 3.05) is 12.4 Å². The van der Waals surface area contributed by atoms with Gasteiger partial charge in [-0.05, 0) is 12.1 Å². The van der Waals surface area contributed by atoms with Crippen LogP contribution >= 0.6 is 0 Å². The number of aromatic nitrogens is 4. The Balaban J connectivity index is 1.84. The van der Waals surface area contributed by atoms with Crippen molar-refractivity contribution in [1.82, 2.24) is 19.3 Å². The molecule has 0 radical (unpaired) electrons. The van der Waals surface area contributed by atoms with Gasteiger partial charge in [-0.3, -0.25) is 10.1 Å². The lowest BCUT2D eigenvalue weighted by Crippen LogP contribution is -2.14. The Bertz CT molecular complexity index is 806. The third kappa shape index (κ3) is 2.56. The number of nitrogens with one attached hydrogen (secondary N) is 1. The van der Waals surface area contributed by atoms with Gasteiger partial charge in [-0.15, -0.1) is 0 Å². The summed E-state index contributed by atoms with van der Waals surface area (Å²) in [6.45, 7) is 0. The monoisotopic (exact) mass is 297 g/mol. The highest BCUT2D eigenvalue weighted by atomic mass is 16.5. The Labute approximate surface area is 127 Å². The lowest BCUT2D eigenvalue weighted by atomic mass is 10.3. The summed E-state index contributed by atoms with van der Waals surface area (Å²) in [5.74, 6) is 0.896. The lowest BCUT2D eigenvalue weighted by Gasteiger charge is -2.07. The van der Waals surface area contributed by atoms with E-state index >= 15 is 0 Å². The maximum atomic E-state index is 12.2. The first kappa shape index (κ1) is 13.9. The maximum absolute atomic E-state index is 12.2. The molecule has 3 rings (SSSR count). The first-order chi connectivity index (χ1) is 10.7. The summed E-state index contributed by atoms with van der Waals surface area (Å²) >= 11 is 0. The number of imidazole rings is 1. The molecule has 0 bridgehead atoms. The summed E-state index contributed by atoms with van der Waals surface area (Å²) in [7, 11) is 3.40.